The van der Waals surface area contributed by atoms with Crippen molar-refractivity contribution in [2.45, 2.75) is 39.4 Å². The maximum atomic E-state index is 5.22. The summed E-state index contributed by atoms with van der Waals surface area (Å²) in [7, 11) is 1.28. The van der Waals surface area contributed by atoms with Gasteiger partial charge in [-0.2, -0.15) is 0 Å². The van der Waals surface area contributed by atoms with E-state index in [9.17, 15) is 0 Å². The van der Waals surface area contributed by atoms with Crippen LogP contribution in [0.2, 0.25) is 19.6 Å². The van der Waals surface area contributed by atoms with Crippen molar-refractivity contribution in [3.8, 4) is 0 Å². The predicted octanol–water partition coefficient (Wildman–Crippen LogP) is 2.81. The molecule has 0 amide bonds. The fourth-order valence-corrected chi connectivity index (χ4v) is 3.63. The second kappa shape index (κ2) is 5.72. The molecule has 70 valence electrons. The Morgan fingerprint density at radius 3 is 2.33 bits per heavy atom. The molecule has 12 heavy (non-hydrogen) atoms. The molecular weight excluding hydrogens is 180 g/mol. The summed E-state index contributed by atoms with van der Waals surface area (Å²) < 4.78 is 5.22. The maximum Gasteiger partial charge on any atom is 0.259 e. The highest BCUT2D eigenvalue weighted by molar-refractivity contribution is 6.92. The predicted molar refractivity (Wildman–Crippen MR) is 59.1 cm³/mol. The lowest BCUT2D eigenvalue weighted by molar-refractivity contribution is 0.448. The number of hydrogen-bond donors (Lipinski definition) is 0. The number of allylic oxidation sites excluding steroid dienone is 1. The van der Waals surface area contributed by atoms with E-state index < -0.39 is 8.07 Å². The van der Waals surface area contributed by atoms with Crippen LogP contribution in [0, 0.1) is 0 Å². The summed E-state index contributed by atoms with van der Waals surface area (Å²) in [5.41, 5.74) is 0. The van der Waals surface area contributed by atoms with E-state index in [-0.39, 0.29) is 0 Å². The molecule has 0 aromatic rings. The summed E-state index contributed by atoms with van der Waals surface area (Å²) in [4.78, 5) is 1.58. The smallest absolute Gasteiger partial charge is 0.259 e. The fourth-order valence-electron chi connectivity index (χ4n) is 0.900. The van der Waals surface area contributed by atoms with Crippen molar-refractivity contribution in [1.82, 2.24) is 0 Å². The molecule has 0 rings (SSSR count). The highest BCUT2D eigenvalue weighted by Gasteiger charge is 2.19. The third-order valence-corrected chi connectivity index (χ3v) is 6.66. The summed E-state index contributed by atoms with van der Waals surface area (Å²) in [5.74, 6) is 0. The van der Waals surface area contributed by atoms with E-state index >= 15 is 0 Å². The summed E-state index contributed by atoms with van der Waals surface area (Å²) in [6.45, 7) is 9.34. The first-order chi connectivity index (χ1) is 5.52. The van der Waals surface area contributed by atoms with Gasteiger partial charge in [-0.15, -0.1) is 0 Å². The molecule has 0 unspecified atom stereocenters. The molecule has 0 aromatic carbocycles. The highest BCUT2D eigenvalue weighted by Crippen LogP contribution is 2.14. The molecule has 0 bridgehead atoms. The molecule has 3 heteroatoms. The number of unbranched alkanes of at least 4 members (excludes halogenated alkanes) is 1. The van der Waals surface area contributed by atoms with Gasteiger partial charge in [0.1, 0.15) is 0 Å². The molecule has 0 fully saturated rings. The molecule has 0 spiro atoms. The topological polar surface area (TPSA) is 9.23 Å². The molecule has 0 aliphatic rings. The third kappa shape index (κ3) is 4.90. The van der Waals surface area contributed by atoms with Crippen LogP contribution in [0.4, 0.5) is 0 Å². The third-order valence-electron chi connectivity index (χ3n) is 1.66. The minimum atomic E-state index is -1.10. The van der Waals surface area contributed by atoms with Gasteiger partial charge in [0.05, 0.1) is 8.07 Å². The van der Waals surface area contributed by atoms with Crippen molar-refractivity contribution in [2.24, 2.45) is 0 Å². The summed E-state index contributed by atoms with van der Waals surface area (Å²) >= 11 is 0. The zero-order valence-electron chi connectivity index (χ0n) is 8.90. The Labute approximate surface area is 80.2 Å². The van der Waals surface area contributed by atoms with E-state index in [1.807, 2.05) is 0 Å². The van der Waals surface area contributed by atoms with Gasteiger partial charge in [0, 0.05) is 7.11 Å². The molecule has 0 aliphatic carbocycles. The fraction of sp³-hybridized carbons (Fsp3) is 0.778. The van der Waals surface area contributed by atoms with Crippen molar-refractivity contribution in [2.75, 3.05) is 7.11 Å². The van der Waals surface area contributed by atoms with Gasteiger partial charge in [0.15, 0.2) is 0 Å². The largest absolute Gasteiger partial charge is 0.415 e. The minimum absolute atomic E-state index is 0.590. The van der Waals surface area contributed by atoms with E-state index in [2.05, 4.69) is 32.6 Å². The first-order valence-corrected chi connectivity index (χ1v) is 8.92. The van der Waals surface area contributed by atoms with Crippen molar-refractivity contribution in [3.05, 3.63) is 10.9 Å². The molecular formula is C9H20OSi2. The zero-order chi connectivity index (χ0) is 9.61. The first-order valence-electron chi connectivity index (χ1n) is 4.52. The molecule has 1 nitrogen and oxygen atoms in total. The van der Waals surface area contributed by atoms with E-state index in [1.54, 1.807) is 11.9 Å². The summed E-state index contributed by atoms with van der Waals surface area (Å²) in [6, 6.07) is 0. The monoisotopic (exact) mass is 200 g/mol. The molecule has 0 saturated heterocycles. The lowest BCUT2D eigenvalue weighted by Gasteiger charge is -2.19. The number of rotatable bonds is 5. The zero-order valence-corrected chi connectivity index (χ0v) is 10.9. The van der Waals surface area contributed by atoms with Gasteiger partial charge in [0.25, 0.3) is 9.76 Å². The summed E-state index contributed by atoms with van der Waals surface area (Å²) in [5, 5.41) is 0. The molecule has 0 atom stereocenters. The Morgan fingerprint density at radius 2 is 2.00 bits per heavy atom. The van der Waals surface area contributed by atoms with Gasteiger partial charge >= 0.3 is 0 Å². The SMILES string of the molecule is CCCC=C([Si]OC)[Si](C)(C)C. The minimum Gasteiger partial charge on any atom is -0.415 e. The van der Waals surface area contributed by atoms with Gasteiger partial charge in [-0.25, -0.2) is 0 Å². The highest BCUT2D eigenvalue weighted by atomic mass is 28.4. The van der Waals surface area contributed by atoms with E-state index in [0.29, 0.717) is 9.76 Å². The first kappa shape index (κ1) is 12.1. The lowest BCUT2D eigenvalue weighted by Crippen LogP contribution is -2.28. The van der Waals surface area contributed by atoms with Gasteiger partial charge in [0.2, 0.25) is 0 Å². The lowest BCUT2D eigenvalue weighted by atomic mass is 10.3. The molecule has 0 heterocycles. The second-order valence-corrected chi connectivity index (χ2v) is 10.7. The Balaban J connectivity index is 4.22. The summed E-state index contributed by atoms with van der Waals surface area (Å²) in [6.07, 6.45) is 4.83. The molecule has 0 aliphatic heterocycles. The van der Waals surface area contributed by atoms with Crippen LogP contribution in [0.1, 0.15) is 19.8 Å². The number of hydrogen-bond acceptors (Lipinski definition) is 1. The van der Waals surface area contributed by atoms with Crippen LogP contribution >= 0.6 is 0 Å². The van der Waals surface area contributed by atoms with Crippen molar-refractivity contribution in [3.63, 3.8) is 0 Å². The normalized spacial score (nSPS) is 13.6. The van der Waals surface area contributed by atoms with Crippen LogP contribution in [0.25, 0.3) is 0 Å². The van der Waals surface area contributed by atoms with Crippen LogP contribution in [0.5, 0.6) is 0 Å². The average molecular weight is 200 g/mol. The van der Waals surface area contributed by atoms with Crippen LogP contribution < -0.4 is 0 Å². The van der Waals surface area contributed by atoms with E-state index in [4.69, 9.17) is 4.43 Å². The second-order valence-electron chi connectivity index (χ2n) is 3.96. The van der Waals surface area contributed by atoms with Crippen molar-refractivity contribution < 1.29 is 4.43 Å². The van der Waals surface area contributed by atoms with Crippen LogP contribution in [-0.2, 0) is 4.43 Å². The van der Waals surface area contributed by atoms with Crippen molar-refractivity contribution in [1.29, 1.82) is 0 Å². The molecule has 0 aromatic heterocycles. The van der Waals surface area contributed by atoms with Gasteiger partial charge in [-0.1, -0.05) is 43.9 Å². The van der Waals surface area contributed by atoms with Gasteiger partial charge in [-0.05, 0) is 6.42 Å². The standard InChI is InChI=1S/C9H20OSi2/c1-6-7-8-9(11-10-2)12(3,4)5/h8H,6-7H2,1-5H3. The molecule has 0 saturated carbocycles. The average Bonchev–Trinajstić information content (AvgIpc) is 1.95. The van der Waals surface area contributed by atoms with Gasteiger partial charge in [-0.3, -0.25) is 0 Å². The maximum absolute atomic E-state index is 5.22. The Bertz CT molecular complexity index is 147. The Morgan fingerprint density at radius 1 is 1.42 bits per heavy atom. The van der Waals surface area contributed by atoms with Crippen molar-refractivity contribution >= 4 is 17.8 Å². The van der Waals surface area contributed by atoms with E-state index in [0.717, 1.165) is 0 Å². The van der Waals surface area contributed by atoms with E-state index in [1.165, 1.54) is 12.8 Å². The quantitative estimate of drug-likeness (QED) is 0.620. The Kier molecular flexibility index (Phi) is 5.79. The Hall–Kier alpha value is 0.134. The van der Waals surface area contributed by atoms with Crippen LogP contribution in [0.3, 0.4) is 0 Å². The molecule has 2 radical (unpaired) electrons. The molecule has 0 N–H and O–H groups in total. The van der Waals surface area contributed by atoms with Crippen LogP contribution in [-0.4, -0.2) is 24.9 Å². The van der Waals surface area contributed by atoms with Crippen LogP contribution in [0.15, 0.2) is 10.9 Å². The van der Waals surface area contributed by atoms with Gasteiger partial charge < -0.3 is 4.43 Å².